The molecule has 0 aromatic carbocycles. The van der Waals surface area contributed by atoms with E-state index in [9.17, 15) is 13.2 Å². The van der Waals surface area contributed by atoms with Crippen molar-refractivity contribution in [2.24, 2.45) is 5.92 Å². The van der Waals surface area contributed by atoms with E-state index in [0.29, 0.717) is 12.5 Å². The van der Waals surface area contributed by atoms with Crippen LogP contribution in [0.3, 0.4) is 0 Å². The molecule has 1 fully saturated rings. The Morgan fingerprint density at radius 2 is 2.13 bits per heavy atom. The second-order valence-electron chi connectivity index (χ2n) is 4.12. The normalized spacial score (nSPS) is 23.6. The van der Waals surface area contributed by atoms with Gasteiger partial charge in [-0.1, -0.05) is 6.92 Å². The quantitative estimate of drug-likeness (QED) is 0.717. The van der Waals surface area contributed by atoms with Crippen molar-refractivity contribution in [1.82, 2.24) is 10.2 Å². The number of halogens is 3. The lowest BCUT2D eigenvalue weighted by atomic mass is 10.1. The maximum Gasteiger partial charge on any atom is 0.390 e. The zero-order chi connectivity index (χ0) is 11.3. The molecule has 0 saturated carbocycles. The highest BCUT2D eigenvalue weighted by Crippen LogP contribution is 2.18. The fourth-order valence-electron chi connectivity index (χ4n) is 1.90. The molecule has 90 valence electrons. The highest BCUT2D eigenvalue weighted by Gasteiger charge is 2.26. The minimum atomic E-state index is -4.03. The van der Waals surface area contributed by atoms with E-state index in [1.165, 1.54) is 0 Å². The second kappa shape index (κ2) is 5.70. The first kappa shape index (κ1) is 12.8. The average Bonchev–Trinajstić information content (AvgIpc) is 2.59. The topological polar surface area (TPSA) is 15.3 Å². The first-order valence-electron chi connectivity index (χ1n) is 5.51. The van der Waals surface area contributed by atoms with E-state index in [2.05, 4.69) is 17.1 Å². The number of hydrogen-bond donors (Lipinski definition) is 1. The summed E-state index contributed by atoms with van der Waals surface area (Å²) in [6.07, 6.45) is -3.65. The Bertz CT molecular complexity index is 182. The maximum absolute atomic E-state index is 11.8. The summed E-state index contributed by atoms with van der Waals surface area (Å²) in [5.41, 5.74) is 0. The summed E-state index contributed by atoms with van der Waals surface area (Å²) in [7, 11) is 0. The van der Waals surface area contributed by atoms with Crippen molar-refractivity contribution in [3.05, 3.63) is 0 Å². The summed E-state index contributed by atoms with van der Waals surface area (Å²) >= 11 is 0. The Morgan fingerprint density at radius 3 is 2.67 bits per heavy atom. The third-order valence-electron chi connectivity index (χ3n) is 2.84. The van der Waals surface area contributed by atoms with E-state index >= 15 is 0 Å². The smallest absolute Gasteiger partial charge is 0.316 e. The molecule has 1 N–H and O–H groups in total. The second-order valence-corrected chi connectivity index (χ2v) is 4.12. The van der Waals surface area contributed by atoms with E-state index in [4.69, 9.17) is 0 Å². The predicted molar refractivity (Wildman–Crippen MR) is 53.8 cm³/mol. The van der Waals surface area contributed by atoms with Gasteiger partial charge in [0, 0.05) is 13.1 Å². The van der Waals surface area contributed by atoms with Crippen molar-refractivity contribution >= 4 is 0 Å². The molecule has 0 aliphatic carbocycles. The van der Waals surface area contributed by atoms with Crippen molar-refractivity contribution < 1.29 is 13.2 Å². The van der Waals surface area contributed by atoms with Gasteiger partial charge in [0.1, 0.15) is 0 Å². The van der Waals surface area contributed by atoms with Crippen molar-refractivity contribution in [2.45, 2.75) is 25.9 Å². The number of alkyl halides is 3. The van der Waals surface area contributed by atoms with Crippen LogP contribution in [0.15, 0.2) is 0 Å². The molecule has 0 bridgehead atoms. The van der Waals surface area contributed by atoms with Gasteiger partial charge in [0.25, 0.3) is 0 Å². The third kappa shape index (κ3) is 5.37. The van der Waals surface area contributed by atoms with Gasteiger partial charge in [-0.05, 0) is 32.0 Å². The maximum atomic E-state index is 11.8. The zero-order valence-corrected chi connectivity index (χ0v) is 9.11. The largest absolute Gasteiger partial charge is 0.390 e. The molecule has 0 aromatic rings. The van der Waals surface area contributed by atoms with E-state index in [1.54, 1.807) is 0 Å². The van der Waals surface area contributed by atoms with Crippen molar-refractivity contribution in [2.75, 3.05) is 32.7 Å². The van der Waals surface area contributed by atoms with Crippen LogP contribution in [-0.2, 0) is 0 Å². The fraction of sp³-hybridized carbons (Fsp3) is 1.00. The summed E-state index contributed by atoms with van der Waals surface area (Å²) in [4.78, 5) is 2.33. The van der Waals surface area contributed by atoms with Crippen molar-refractivity contribution in [3.63, 3.8) is 0 Å². The summed E-state index contributed by atoms with van der Waals surface area (Å²) in [5, 5.41) is 2.88. The Hall–Kier alpha value is -0.290. The average molecular weight is 224 g/mol. The molecule has 1 rings (SSSR count). The molecule has 0 aromatic heterocycles. The minimum Gasteiger partial charge on any atom is -0.316 e. The van der Waals surface area contributed by atoms with Gasteiger partial charge in [0.2, 0.25) is 0 Å². The molecular formula is C10H19F3N2. The minimum absolute atomic E-state index is 0.0477. The molecule has 15 heavy (non-hydrogen) atoms. The first-order valence-corrected chi connectivity index (χ1v) is 5.51. The fourth-order valence-corrected chi connectivity index (χ4v) is 1.90. The van der Waals surface area contributed by atoms with Gasteiger partial charge >= 0.3 is 6.18 Å². The van der Waals surface area contributed by atoms with Gasteiger partial charge in [0.05, 0.1) is 6.42 Å². The Labute approximate surface area is 88.8 Å². The summed E-state index contributed by atoms with van der Waals surface area (Å²) in [6.45, 7) is 6.02. The SMILES string of the molecule is CCN1CCC(CNCCC(F)(F)F)C1. The van der Waals surface area contributed by atoms with Gasteiger partial charge in [-0.15, -0.1) is 0 Å². The van der Waals surface area contributed by atoms with Crippen LogP contribution in [0.2, 0.25) is 0 Å². The number of likely N-dealkylation sites (tertiary alicyclic amines) is 1. The van der Waals surface area contributed by atoms with Crippen LogP contribution >= 0.6 is 0 Å². The van der Waals surface area contributed by atoms with Crippen LogP contribution in [0.4, 0.5) is 13.2 Å². The van der Waals surface area contributed by atoms with Crippen LogP contribution in [0, 0.1) is 5.92 Å². The molecule has 1 heterocycles. The lowest BCUT2D eigenvalue weighted by molar-refractivity contribution is -0.133. The van der Waals surface area contributed by atoms with Crippen molar-refractivity contribution in [3.8, 4) is 0 Å². The highest BCUT2D eigenvalue weighted by atomic mass is 19.4. The molecule has 1 unspecified atom stereocenters. The number of rotatable bonds is 5. The first-order chi connectivity index (χ1) is 7.01. The predicted octanol–water partition coefficient (Wildman–Crippen LogP) is 1.87. The van der Waals surface area contributed by atoms with Crippen LogP contribution in [-0.4, -0.2) is 43.8 Å². The molecule has 0 radical (unpaired) electrons. The Balaban J connectivity index is 2.02. The molecule has 1 atom stereocenters. The van der Waals surface area contributed by atoms with E-state index < -0.39 is 12.6 Å². The summed E-state index contributed by atoms with van der Waals surface area (Å²) < 4.78 is 35.5. The summed E-state index contributed by atoms with van der Waals surface area (Å²) in [5.74, 6) is 0.526. The molecule has 0 spiro atoms. The molecule has 1 aliphatic rings. The molecule has 1 saturated heterocycles. The van der Waals surface area contributed by atoms with Gasteiger partial charge in [-0.25, -0.2) is 0 Å². The van der Waals surface area contributed by atoms with Gasteiger partial charge in [-0.3, -0.25) is 0 Å². The molecule has 0 amide bonds. The van der Waals surface area contributed by atoms with E-state index in [1.807, 2.05) is 0 Å². The zero-order valence-electron chi connectivity index (χ0n) is 9.11. The Kier molecular flexibility index (Phi) is 4.86. The van der Waals surface area contributed by atoms with Crippen LogP contribution in [0.1, 0.15) is 19.8 Å². The molecule has 1 aliphatic heterocycles. The van der Waals surface area contributed by atoms with Crippen LogP contribution in [0.25, 0.3) is 0 Å². The van der Waals surface area contributed by atoms with Crippen molar-refractivity contribution in [1.29, 1.82) is 0 Å². The molecule has 5 heteroatoms. The van der Waals surface area contributed by atoms with Crippen LogP contribution in [0.5, 0.6) is 0 Å². The molecular weight excluding hydrogens is 205 g/mol. The van der Waals surface area contributed by atoms with E-state index in [-0.39, 0.29) is 6.54 Å². The Morgan fingerprint density at radius 1 is 1.40 bits per heavy atom. The monoisotopic (exact) mass is 224 g/mol. The lowest BCUT2D eigenvalue weighted by Gasteiger charge is -2.14. The van der Waals surface area contributed by atoms with Gasteiger partial charge in [-0.2, -0.15) is 13.2 Å². The van der Waals surface area contributed by atoms with Gasteiger partial charge in [0.15, 0.2) is 0 Å². The molecule has 2 nitrogen and oxygen atoms in total. The summed E-state index contributed by atoms with van der Waals surface area (Å²) in [6, 6.07) is 0. The third-order valence-corrected chi connectivity index (χ3v) is 2.84. The lowest BCUT2D eigenvalue weighted by Crippen LogP contribution is -2.29. The van der Waals surface area contributed by atoms with E-state index in [0.717, 1.165) is 26.1 Å². The number of hydrogen-bond acceptors (Lipinski definition) is 2. The van der Waals surface area contributed by atoms with Gasteiger partial charge < -0.3 is 10.2 Å². The standard InChI is InChI=1S/C10H19F3N2/c1-2-15-6-3-9(8-15)7-14-5-4-10(11,12)13/h9,14H,2-8H2,1H3. The van der Waals surface area contributed by atoms with Crippen LogP contribution < -0.4 is 5.32 Å². The number of nitrogens with one attached hydrogen (secondary N) is 1. The highest BCUT2D eigenvalue weighted by molar-refractivity contribution is 4.76. The number of nitrogens with zero attached hydrogens (tertiary/aromatic N) is 1.